The van der Waals surface area contributed by atoms with E-state index in [1.165, 1.54) is 33.0 Å². The van der Waals surface area contributed by atoms with Crippen LogP contribution < -0.4 is 0 Å². The second kappa shape index (κ2) is 10.6. The molecule has 4 heteroatoms. The van der Waals surface area contributed by atoms with Gasteiger partial charge in [-0.2, -0.15) is 10.5 Å². The summed E-state index contributed by atoms with van der Waals surface area (Å²) in [7, 11) is 0. The largest absolute Gasteiger partial charge is 0.309 e. The molecule has 0 saturated carbocycles. The molecule has 51 heavy (non-hydrogen) atoms. The minimum absolute atomic E-state index is 0.257. The van der Waals surface area contributed by atoms with E-state index >= 15 is 0 Å². The molecular weight excluding hydrogens is 621 g/mol. The van der Waals surface area contributed by atoms with Crippen LogP contribution in [0.4, 0.5) is 0 Å². The lowest BCUT2D eigenvalue weighted by Gasteiger charge is -2.24. The zero-order valence-corrected chi connectivity index (χ0v) is 28.1. The zero-order valence-electron chi connectivity index (χ0n) is 28.1. The number of aromatic nitrogens is 2. The maximum Gasteiger partial charge on any atom is 0.101 e. The van der Waals surface area contributed by atoms with Gasteiger partial charge in [0.2, 0.25) is 0 Å². The standard InChI is InChI=1S/C47H30N4/c1-47(2)39-15-7-3-11-32(39)36-22-23-37-35-14-6-10-18-42(35)51(46(37)45(36)47)44-26-30(20-21-31(44)28-49)38-25-29(27-48)19-24-43(38)50-40-16-8-4-12-33(40)34-13-5-9-17-41(34)50/h3-26H,1-2H3. The Morgan fingerprint density at radius 2 is 1.12 bits per heavy atom. The van der Waals surface area contributed by atoms with E-state index in [-0.39, 0.29) is 5.41 Å². The van der Waals surface area contributed by atoms with Crippen molar-refractivity contribution in [3.63, 3.8) is 0 Å². The van der Waals surface area contributed by atoms with Gasteiger partial charge in [-0.15, -0.1) is 0 Å². The van der Waals surface area contributed by atoms with E-state index in [0.29, 0.717) is 11.1 Å². The average molecular weight is 651 g/mol. The second-order valence-electron chi connectivity index (χ2n) is 14.0. The third-order valence-electron chi connectivity index (χ3n) is 11.0. The molecule has 7 aromatic carbocycles. The van der Waals surface area contributed by atoms with Crippen molar-refractivity contribution in [2.45, 2.75) is 19.3 Å². The van der Waals surface area contributed by atoms with E-state index in [0.717, 1.165) is 55.3 Å². The number of benzene rings is 7. The van der Waals surface area contributed by atoms with Crippen molar-refractivity contribution in [1.29, 1.82) is 10.5 Å². The quantitative estimate of drug-likeness (QED) is 0.191. The molecule has 0 radical (unpaired) electrons. The lowest BCUT2D eigenvalue weighted by Crippen LogP contribution is -2.16. The summed E-state index contributed by atoms with van der Waals surface area (Å²) in [5.41, 5.74) is 14.0. The van der Waals surface area contributed by atoms with Crippen LogP contribution in [0.1, 0.15) is 36.1 Å². The molecule has 0 aliphatic heterocycles. The summed E-state index contributed by atoms with van der Waals surface area (Å²) in [5.74, 6) is 0. The molecule has 2 aromatic heterocycles. The molecule has 0 N–H and O–H groups in total. The molecule has 238 valence electrons. The molecular formula is C47H30N4. The van der Waals surface area contributed by atoms with E-state index in [4.69, 9.17) is 0 Å². The number of hydrogen-bond acceptors (Lipinski definition) is 2. The summed E-state index contributed by atoms with van der Waals surface area (Å²) in [6.45, 7) is 4.62. The van der Waals surface area contributed by atoms with Crippen molar-refractivity contribution in [2.24, 2.45) is 0 Å². The summed E-state index contributed by atoms with van der Waals surface area (Å²) < 4.78 is 4.61. The molecule has 0 saturated heterocycles. The number of hydrogen-bond donors (Lipinski definition) is 0. The van der Waals surface area contributed by atoms with Crippen LogP contribution in [-0.4, -0.2) is 9.13 Å². The van der Waals surface area contributed by atoms with Crippen molar-refractivity contribution in [2.75, 3.05) is 0 Å². The van der Waals surface area contributed by atoms with Gasteiger partial charge in [-0.1, -0.05) is 111 Å². The lowest BCUT2D eigenvalue weighted by atomic mass is 9.81. The SMILES string of the molecule is CC1(C)c2ccccc2-c2ccc3c4ccccc4n(-c4cc(-c5cc(C#N)ccc5-n5c6ccccc6c6ccccc65)ccc4C#N)c3c21. The molecule has 10 rings (SSSR count). The van der Waals surface area contributed by atoms with Gasteiger partial charge in [0.1, 0.15) is 6.07 Å². The van der Waals surface area contributed by atoms with Gasteiger partial charge >= 0.3 is 0 Å². The fourth-order valence-electron chi connectivity index (χ4n) is 8.76. The first-order valence-corrected chi connectivity index (χ1v) is 17.2. The molecule has 9 aromatic rings. The number of nitrogens with zero attached hydrogens (tertiary/aromatic N) is 4. The Morgan fingerprint density at radius 3 is 1.80 bits per heavy atom. The van der Waals surface area contributed by atoms with E-state index in [1.807, 2.05) is 24.3 Å². The summed E-state index contributed by atoms with van der Waals surface area (Å²) in [5, 5.41) is 25.4. The highest BCUT2D eigenvalue weighted by atomic mass is 15.0. The first-order chi connectivity index (χ1) is 25.0. The molecule has 0 atom stereocenters. The molecule has 1 aliphatic carbocycles. The van der Waals surface area contributed by atoms with Gasteiger partial charge in [0.05, 0.1) is 50.6 Å². The Bertz CT molecular complexity index is 2980. The van der Waals surface area contributed by atoms with Crippen molar-refractivity contribution in [3.05, 3.63) is 168 Å². The van der Waals surface area contributed by atoms with Gasteiger partial charge in [-0.25, -0.2) is 0 Å². The van der Waals surface area contributed by atoms with Crippen LogP contribution in [0.3, 0.4) is 0 Å². The molecule has 4 nitrogen and oxygen atoms in total. The van der Waals surface area contributed by atoms with Crippen molar-refractivity contribution >= 4 is 43.6 Å². The first kappa shape index (κ1) is 29.1. The van der Waals surface area contributed by atoms with Crippen LogP contribution in [0.5, 0.6) is 0 Å². The number of para-hydroxylation sites is 3. The monoisotopic (exact) mass is 650 g/mol. The topological polar surface area (TPSA) is 57.4 Å². The van der Waals surface area contributed by atoms with E-state index in [9.17, 15) is 10.5 Å². The van der Waals surface area contributed by atoms with Crippen LogP contribution in [0.15, 0.2) is 146 Å². The third-order valence-corrected chi connectivity index (χ3v) is 11.0. The van der Waals surface area contributed by atoms with Crippen LogP contribution >= 0.6 is 0 Å². The fraction of sp³-hybridized carbons (Fsp3) is 0.0638. The van der Waals surface area contributed by atoms with Crippen LogP contribution in [-0.2, 0) is 5.41 Å². The first-order valence-electron chi connectivity index (χ1n) is 17.2. The Hall–Kier alpha value is -6.88. The molecule has 0 spiro atoms. The Kier molecular flexibility index (Phi) is 6.02. The lowest BCUT2D eigenvalue weighted by molar-refractivity contribution is 0.664. The molecule has 0 fully saturated rings. The predicted octanol–water partition coefficient (Wildman–Crippen LogP) is 11.6. The predicted molar refractivity (Wildman–Crippen MR) is 208 cm³/mol. The Labute approximate surface area is 295 Å². The number of nitriles is 2. The summed E-state index contributed by atoms with van der Waals surface area (Å²) in [6.07, 6.45) is 0. The van der Waals surface area contributed by atoms with Gasteiger partial charge < -0.3 is 9.13 Å². The molecule has 2 heterocycles. The fourth-order valence-corrected chi connectivity index (χ4v) is 8.76. The van der Waals surface area contributed by atoms with E-state index in [1.54, 1.807) is 0 Å². The Morgan fingerprint density at radius 1 is 0.490 bits per heavy atom. The summed E-state index contributed by atoms with van der Waals surface area (Å²) in [4.78, 5) is 0. The molecule has 0 amide bonds. The zero-order chi connectivity index (χ0) is 34.4. The molecule has 1 aliphatic rings. The van der Waals surface area contributed by atoms with Crippen molar-refractivity contribution < 1.29 is 0 Å². The second-order valence-corrected chi connectivity index (χ2v) is 14.0. The maximum absolute atomic E-state index is 10.7. The highest BCUT2D eigenvalue weighted by molar-refractivity contribution is 6.13. The van der Waals surface area contributed by atoms with Gasteiger partial charge in [0.15, 0.2) is 0 Å². The van der Waals surface area contributed by atoms with Gasteiger partial charge in [-0.05, 0) is 76.3 Å². The minimum atomic E-state index is -0.257. The highest BCUT2D eigenvalue weighted by Gasteiger charge is 2.38. The summed E-state index contributed by atoms with van der Waals surface area (Å²) >= 11 is 0. The minimum Gasteiger partial charge on any atom is -0.309 e. The normalized spacial score (nSPS) is 13.0. The van der Waals surface area contributed by atoms with Crippen molar-refractivity contribution in [1.82, 2.24) is 9.13 Å². The van der Waals surface area contributed by atoms with E-state index < -0.39 is 0 Å². The van der Waals surface area contributed by atoms with Crippen LogP contribution in [0, 0.1) is 22.7 Å². The number of fused-ring (bicyclic) bond motifs is 10. The summed E-state index contributed by atoms with van der Waals surface area (Å²) in [6, 6.07) is 55.6. The maximum atomic E-state index is 10.7. The molecule has 0 unspecified atom stereocenters. The van der Waals surface area contributed by atoms with Crippen LogP contribution in [0.25, 0.3) is 77.2 Å². The van der Waals surface area contributed by atoms with Gasteiger partial charge in [-0.3, -0.25) is 0 Å². The van der Waals surface area contributed by atoms with Gasteiger partial charge in [0.25, 0.3) is 0 Å². The highest BCUT2D eigenvalue weighted by Crippen LogP contribution is 2.53. The molecule has 0 bridgehead atoms. The van der Waals surface area contributed by atoms with Crippen molar-refractivity contribution in [3.8, 4) is 45.8 Å². The van der Waals surface area contributed by atoms with E-state index in [2.05, 4.69) is 156 Å². The average Bonchev–Trinajstić information content (AvgIpc) is 3.77. The smallest absolute Gasteiger partial charge is 0.101 e. The Balaban J connectivity index is 1.30. The van der Waals surface area contributed by atoms with Crippen LogP contribution in [0.2, 0.25) is 0 Å². The third kappa shape index (κ3) is 3.93. The van der Waals surface area contributed by atoms with Gasteiger partial charge in [0, 0.05) is 32.5 Å². The number of rotatable bonds is 3.